The number of carbonyl (C=O) groups excluding carboxylic acids is 2. The van der Waals surface area contributed by atoms with Gasteiger partial charge in [-0.15, -0.1) is 0 Å². The zero-order chi connectivity index (χ0) is 23.3. The number of benzene rings is 2. The van der Waals surface area contributed by atoms with E-state index in [1.165, 1.54) is 17.5 Å². The lowest BCUT2D eigenvalue weighted by molar-refractivity contribution is -0.143. The lowest BCUT2D eigenvalue weighted by Gasteiger charge is -2.47. The molecule has 3 fully saturated rings. The number of hydrogen-bond acceptors (Lipinski definition) is 3. The van der Waals surface area contributed by atoms with Crippen LogP contribution in [0.15, 0.2) is 66.7 Å². The topological polar surface area (TPSA) is 43.9 Å². The quantitative estimate of drug-likeness (QED) is 0.658. The molecule has 3 aliphatic heterocycles. The zero-order valence-corrected chi connectivity index (χ0v) is 19.9. The van der Waals surface area contributed by atoms with E-state index < -0.39 is 0 Å². The summed E-state index contributed by atoms with van der Waals surface area (Å²) in [6, 6.07) is 20.9. The molecule has 0 aliphatic carbocycles. The van der Waals surface area contributed by atoms with Crippen LogP contribution >= 0.6 is 0 Å². The highest BCUT2D eigenvalue weighted by Crippen LogP contribution is 2.32. The van der Waals surface area contributed by atoms with Crippen LogP contribution in [-0.4, -0.2) is 71.8 Å². The van der Waals surface area contributed by atoms with Crippen molar-refractivity contribution in [1.29, 1.82) is 0 Å². The van der Waals surface area contributed by atoms with Crippen LogP contribution in [0.4, 0.5) is 0 Å². The van der Waals surface area contributed by atoms with Gasteiger partial charge in [-0.2, -0.15) is 0 Å². The van der Waals surface area contributed by atoms with Crippen molar-refractivity contribution in [3.63, 3.8) is 0 Å². The molecule has 2 aromatic rings. The summed E-state index contributed by atoms with van der Waals surface area (Å²) in [5.74, 6) is 0.968. The molecule has 34 heavy (non-hydrogen) atoms. The van der Waals surface area contributed by atoms with Crippen molar-refractivity contribution < 1.29 is 9.59 Å². The van der Waals surface area contributed by atoms with E-state index in [0.29, 0.717) is 24.9 Å². The van der Waals surface area contributed by atoms with E-state index in [2.05, 4.69) is 58.4 Å². The van der Waals surface area contributed by atoms with Crippen LogP contribution in [-0.2, 0) is 9.59 Å². The minimum absolute atomic E-state index is 0.107. The van der Waals surface area contributed by atoms with Gasteiger partial charge in [0.1, 0.15) is 0 Å². The average Bonchev–Trinajstić information content (AvgIpc) is 3.24. The van der Waals surface area contributed by atoms with Crippen molar-refractivity contribution in [3.05, 3.63) is 77.9 Å². The Labute approximate surface area is 203 Å². The van der Waals surface area contributed by atoms with E-state index in [9.17, 15) is 9.59 Å². The minimum Gasteiger partial charge on any atom is -0.338 e. The predicted molar refractivity (Wildman–Crippen MR) is 135 cm³/mol. The maximum Gasteiger partial charge on any atom is 0.242 e. The Kier molecular flexibility index (Phi) is 7.10. The number of hydrogen-bond donors (Lipinski definition) is 0. The molecule has 5 heteroatoms. The highest BCUT2D eigenvalue weighted by molar-refractivity contribution is 5.87. The molecule has 0 spiro atoms. The monoisotopic (exact) mass is 457 g/mol. The third kappa shape index (κ3) is 5.25. The molecule has 2 amide bonds. The minimum atomic E-state index is 0.107. The van der Waals surface area contributed by atoms with Crippen molar-refractivity contribution in [3.8, 4) is 0 Å². The number of nitrogens with zero attached hydrogens (tertiary/aromatic N) is 3. The van der Waals surface area contributed by atoms with Crippen LogP contribution < -0.4 is 0 Å². The van der Waals surface area contributed by atoms with Crippen molar-refractivity contribution in [2.75, 3.05) is 39.3 Å². The van der Waals surface area contributed by atoms with Gasteiger partial charge < -0.3 is 9.80 Å². The largest absolute Gasteiger partial charge is 0.338 e. The van der Waals surface area contributed by atoms with Gasteiger partial charge >= 0.3 is 0 Å². The summed E-state index contributed by atoms with van der Waals surface area (Å²) in [5, 5.41) is 0. The highest BCUT2D eigenvalue weighted by atomic mass is 16.2. The van der Waals surface area contributed by atoms with E-state index in [1.807, 2.05) is 24.3 Å². The van der Waals surface area contributed by atoms with E-state index in [-0.39, 0.29) is 24.3 Å². The van der Waals surface area contributed by atoms with Gasteiger partial charge in [-0.3, -0.25) is 14.5 Å². The molecular formula is C29H35N3O2. The van der Waals surface area contributed by atoms with E-state index >= 15 is 0 Å². The first-order valence-electron chi connectivity index (χ1n) is 12.7. The number of piperidine rings is 2. The van der Waals surface area contributed by atoms with Gasteiger partial charge in [-0.1, -0.05) is 72.8 Å². The maximum absolute atomic E-state index is 13.3. The summed E-state index contributed by atoms with van der Waals surface area (Å²) >= 11 is 0. The van der Waals surface area contributed by atoms with Crippen molar-refractivity contribution in [1.82, 2.24) is 14.7 Å². The Balaban J connectivity index is 1.14. The van der Waals surface area contributed by atoms with Gasteiger partial charge in [0, 0.05) is 51.1 Å². The first-order chi connectivity index (χ1) is 16.7. The number of carbonyl (C=O) groups is 2. The second-order valence-electron chi connectivity index (χ2n) is 10.0. The molecule has 0 N–H and O–H groups in total. The molecule has 178 valence electrons. The fourth-order valence-corrected chi connectivity index (χ4v) is 5.98. The first-order valence-corrected chi connectivity index (χ1v) is 12.7. The standard InChI is InChI=1S/C29H35N3O2/c33-28-19-26(24-12-5-2-6-13-24)21-31(28)22-29(34)32-17-8-14-25-20-30(18-15-27(25)32)16-7-11-23-9-3-1-4-10-23/h1-7,9-13,25-27H,8,14-22H2/b11-7+/t25-,26?,27-/m1/s1. The fourth-order valence-electron chi connectivity index (χ4n) is 5.98. The molecule has 0 radical (unpaired) electrons. The number of likely N-dealkylation sites (tertiary alicyclic amines) is 3. The number of amides is 2. The van der Waals surface area contributed by atoms with Crippen LogP contribution in [0, 0.1) is 5.92 Å². The summed E-state index contributed by atoms with van der Waals surface area (Å²) in [7, 11) is 0. The van der Waals surface area contributed by atoms with Crippen molar-refractivity contribution in [2.24, 2.45) is 5.92 Å². The van der Waals surface area contributed by atoms with Gasteiger partial charge in [-0.25, -0.2) is 0 Å². The summed E-state index contributed by atoms with van der Waals surface area (Å²) in [6.45, 7) is 4.73. The second-order valence-corrected chi connectivity index (χ2v) is 10.0. The van der Waals surface area contributed by atoms with Crippen LogP contribution in [0.25, 0.3) is 6.08 Å². The summed E-state index contributed by atoms with van der Waals surface area (Å²) in [6.07, 6.45) is 8.22. The fraction of sp³-hybridized carbons (Fsp3) is 0.448. The van der Waals surface area contributed by atoms with Gasteiger partial charge in [-0.05, 0) is 36.3 Å². The Bertz CT molecular complexity index is 1010. The molecule has 3 atom stereocenters. The van der Waals surface area contributed by atoms with Gasteiger partial charge in [0.25, 0.3) is 0 Å². The van der Waals surface area contributed by atoms with Gasteiger partial charge in [0.15, 0.2) is 0 Å². The molecule has 2 aromatic carbocycles. The molecule has 1 unspecified atom stereocenters. The predicted octanol–water partition coefficient (Wildman–Crippen LogP) is 4.03. The number of rotatable bonds is 6. The Morgan fingerprint density at radius 2 is 1.71 bits per heavy atom. The van der Waals surface area contributed by atoms with Gasteiger partial charge in [0.05, 0.1) is 6.54 Å². The number of fused-ring (bicyclic) bond motifs is 1. The summed E-state index contributed by atoms with van der Waals surface area (Å²) in [5.41, 5.74) is 2.43. The smallest absolute Gasteiger partial charge is 0.242 e. The van der Waals surface area contributed by atoms with E-state index in [0.717, 1.165) is 39.0 Å². The zero-order valence-electron chi connectivity index (χ0n) is 19.9. The SMILES string of the molecule is O=C1CC(c2ccccc2)CN1CC(=O)N1CCC[C@@H]2CN(C/C=C/c3ccccc3)CC[C@H]21. The molecule has 0 aromatic heterocycles. The molecule has 0 bridgehead atoms. The molecule has 0 saturated carbocycles. The van der Waals surface area contributed by atoms with E-state index in [1.54, 1.807) is 4.90 Å². The van der Waals surface area contributed by atoms with E-state index in [4.69, 9.17) is 0 Å². The van der Waals surface area contributed by atoms with Crippen LogP contribution in [0.2, 0.25) is 0 Å². The van der Waals surface area contributed by atoms with Crippen LogP contribution in [0.5, 0.6) is 0 Å². The molecule has 5 nitrogen and oxygen atoms in total. The normalized spacial score (nSPS) is 25.6. The average molecular weight is 458 g/mol. The highest BCUT2D eigenvalue weighted by Gasteiger charge is 2.39. The molecule has 5 rings (SSSR count). The van der Waals surface area contributed by atoms with Crippen molar-refractivity contribution in [2.45, 2.75) is 37.6 Å². The molecule has 3 aliphatic rings. The third-order valence-electron chi connectivity index (χ3n) is 7.76. The Hall–Kier alpha value is -2.92. The maximum atomic E-state index is 13.3. The first kappa shape index (κ1) is 22.9. The van der Waals surface area contributed by atoms with Crippen LogP contribution in [0.3, 0.4) is 0 Å². The Morgan fingerprint density at radius 3 is 2.50 bits per heavy atom. The van der Waals surface area contributed by atoms with Gasteiger partial charge in [0.2, 0.25) is 11.8 Å². The summed E-state index contributed by atoms with van der Waals surface area (Å²) in [4.78, 5) is 32.4. The second kappa shape index (κ2) is 10.6. The lowest BCUT2D eigenvalue weighted by Crippen LogP contribution is -2.57. The van der Waals surface area contributed by atoms with Crippen molar-refractivity contribution >= 4 is 17.9 Å². The molecular weight excluding hydrogens is 422 g/mol. The molecule has 3 heterocycles. The molecule has 3 saturated heterocycles. The summed E-state index contributed by atoms with van der Waals surface area (Å²) < 4.78 is 0. The lowest BCUT2D eigenvalue weighted by atomic mass is 9.83. The van der Waals surface area contributed by atoms with Crippen LogP contribution in [0.1, 0.15) is 42.7 Å². The Morgan fingerprint density at radius 1 is 0.941 bits per heavy atom. The third-order valence-corrected chi connectivity index (χ3v) is 7.76.